The van der Waals surface area contributed by atoms with Crippen molar-refractivity contribution in [3.8, 4) is 0 Å². The lowest BCUT2D eigenvalue weighted by molar-refractivity contribution is -0.143. The van der Waals surface area contributed by atoms with Crippen LogP contribution in [0, 0.1) is 0 Å². The van der Waals surface area contributed by atoms with E-state index >= 15 is 0 Å². The van der Waals surface area contributed by atoms with Crippen molar-refractivity contribution in [2.24, 2.45) is 5.73 Å². The fourth-order valence-electron chi connectivity index (χ4n) is 0.496. The maximum atomic E-state index is 10.7. The van der Waals surface area contributed by atoms with E-state index in [1.54, 1.807) is 6.92 Å². The van der Waals surface area contributed by atoms with Crippen LogP contribution in [-0.4, -0.2) is 18.6 Å². The minimum absolute atomic E-state index is 0. The molecule has 0 aliphatic heterocycles. The third-order valence-corrected chi connectivity index (χ3v) is 1.01. The van der Waals surface area contributed by atoms with Crippen molar-refractivity contribution in [3.05, 3.63) is 12.7 Å². The van der Waals surface area contributed by atoms with Gasteiger partial charge in [0.25, 0.3) is 0 Å². The summed E-state index contributed by atoms with van der Waals surface area (Å²) in [5.74, 6) is -0.269. The molecule has 0 radical (unpaired) electrons. The van der Waals surface area contributed by atoms with Gasteiger partial charge in [-0.25, -0.2) is 0 Å². The first kappa shape index (κ1) is 13.1. The maximum Gasteiger partial charge on any atom is 0.307 e. The van der Waals surface area contributed by atoms with E-state index in [0.717, 1.165) is 0 Å². The summed E-state index contributed by atoms with van der Waals surface area (Å²) in [5, 5.41) is 0. The second-order valence-electron chi connectivity index (χ2n) is 1.91. The van der Waals surface area contributed by atoms with Gasteiger partial charge in [-0.15, -0.1) is 19.0 Å². The number of halogens is 1. The SMILES string of the molecule is C=CC(N)CC(=O)OCC.Cl. The van der Waals surface area contributed by atoms with Gasteiger partial charge in [-0.05, 0) is 6.92 Å². The Bertz CT molecular complexity index is 128. The zero-order chi connectivity index (χ0) is 7.98. The average molecular weight is 180 g/mol. The summed E-state index contributed by atoms with van der Waals surface area (Å²) in [6, 6.07) is -0.279. The highest BCUT2D eigenvalue weighted by Gasteiger charge is 2.05. The lowest BCUT2D eigenvalue weighted by Crippen LogP contribution is -2.22. The first-order valence-electron chi connectivity index (χ1n) is 3.24. The summed E-state index contributed by atoms with van der Waals surface area (Å²) in [6.07, 6.45) is 1.74. The highest BCUT2D eigenvalue weighted by Crippen LogP contribution is 1.91. The van der Waals surface area contributed by atoms with E-state index < -0.39 is 0 Å². The zero-order valence-corrected chi connectivity index (χ0v) is 7.39. The zero-order valence-electron chi connectivity index (χ0n) is 6.58. The Balaban J connectivity index is 0. The minimum atomic E-state index is -0.279. The van der Waals surface area contributed by atoms with Gasteiger partial charge in [-0.1, -0.05) is 6.08 Å². The smallest absolute Gasteiger partial charge is 0.307 e. The van der Waals surface area contributed by atoms with Gasteiger partial charge in [0.15, 0.2) is 0 Å². The molecule has 0 aromatic carbocycles. The molecule has 0 aromatic rings. The van der Waals surface area contributed by atoms with Gasteiger partial charge in [0.2, 0.25) is 0 Å². The van der Waals surface area contributed by atoms with Crippen molar-refractivity contribution in [2.45, 2.75) is 19.4 Å². The predicted octanol–water partition coefficient (Wildman–Crippen LogP) is 0.875. The number of carbonyl (C=O) groups excluding carboxylic acids is 1. The van der Waals surface area contributed by atoms with Crippen LogP contribution in [0.15, 0.2) is 12.7 Å². The summed E-state index contributed by atoms with van der Waals surface area (Å²) >= 11 is 0. The Labute approximate surface area is 73.0 Å². The Morgan fingerprint density at radius 3 is 2.73 bits per heavy atom. The van der Waals surface area contributed by atoms with Crippen LogP contribution in [0.4, 0.5) is 0 Å². The average Bonchev–Trinajstić information content (AvgIpc) is 1.88. The van der Waals surface area contributed by atoms with E-state index in [9.17, 15) is 4.79 Å². The number of hydrogen-bond donors (Lipinski definition) is 1. The summed E-state index contributed by atoms with van der Waals surface area (Å²) in [4.78, 5) is 10.7. The number of hydrogen-bond acceptors (Lipinski definition) is 3. The number of nitrogens with two attached hydrogens (primary N) is 1. The quantitative estimate of drug-likeness (QED) is 0.515. The van der Waals surface area contributed by atoms with Crippen molar-refractivity contribution >= 4 is 18.4 Å². The van der Waals surface area contributed by atoms with Gasteiger partial charge in [-0.2, -0.15) is 0 Å². The summed E-state index contributed by atoms with van der Waals surface area (Å²) < 4.78 is 4.65. The molecule has 1 atom stereocenters. The van der Waals surface area contributed by atoms with Crippen LogP contribution in [0.3, 0.4) is 0 Å². The van der Waals surface area contributed by atoms with Crippen LogP contribution in [-0.2, 0) is 9.53 Å². The number of esters is 1. The van der Waals surface area contributed by atoms with Crippen LogP contribution in [0.5, 0.6) is 0 Å². The third kappa shape index (κ3) is 7.36. The van der Waals surface area contributed by atoms with Crippen molar-refractivity contribution < 1.29 is 9.53 Å². The first-order chi connectivity index (χ1) is 4.70. The van der Waals surface area contributed by atoms with Crippen LogP contribution in [0.25, 0.3) is 0 Å². The second-order valence-corrected chi connectivity index (χ2v) is 1.91. The predicted molar refractivity (Wildman–Crippen MR) is 46.7 cm³/mol. The van der Waals surface area contributed by atoms with Crippen molar-refractivity contribution in [1.29, 1.82) is 0 Å². The Hall–Kier alpha value is -0.540. The minimum Gasteiger partial charge on any atom is -0.466 e. The molecule has 0 saturated carbocycles. The molecule has 2 N–H and O–H groups in total. The molecule has 0 aliphatic rings. The molecule has 3 nitrogen and oxygen atoms in total. The molecule has 0 spiro atoms. The molecule has 0 aliphatic carbocycles. The molecule has 66 valence electrons. The van der Waals surface area contributed by atoms with Gasteiger partial charge in [0.05, 0.1) is 13.0 Å². The standard InChI is InChI=1S/C7H13NO2.ClH/c1-3-6(8)5-7(9)10-4-2;/h3,6H,1,4-5,8H2,2H3;1H. The molecule has 0 heterocycles. The molecule has 11 heavy (non-hydrogen) atoms. The third-order valence-electron chi connectivity index (χ3n) is 1.01. The van der Waals surface area contributed by atoms with Crippen molar-refractivity contribution in [3.63, 3.8) is 0 Å². The Morgan fingerprint density at radius 1 is 1.82 bits per heavy atom. The van der Waals surface area contributed by atoms with E-state index in [1.807, 2.05) is 0 Å². The fraction of sp³-hybridized carbons (Fsp3) is 0.571. The normalized spacial score (nSPS) is 11.1. The van der Waals surface area contributed by atoms with Gasteiger partial charge in [0, 0.05) is 6.04 Å². The molecule has 0 bridgehead atoms. The molecular weight excluding hydrogens is 166 g/mol. The van der Waals surface area contributed by atoms with Gasteiger partial charge in [0.1, 0.15) is 0 Å². The van der Waals surface area contributed by atoms with Crippen LogP contribution >= 0.6 is 12.4 Å². The van der Waals surface area contributed by atoms with Crippen LogP contribution in [0.1, 0.15) is 13.3 Å². The van der Waals surface area contributed by atoms with E-state index in [-0.39, 0.29) is 30.8 Å². The largest absolute Gasteiger partial charge is 0.466 e. The van der Waals surface area contributed by atoms with Crippen LogP contribution in [0.2, 0.25) is 0 Å². The van der Waals surface area contributed by atoms with Crippen molar-refractivity contribution in [1.82, 2.24) is 0 Å². The highest BCUT2D eigenvalue weighted by atomic mass is 35.5. The lowest BCUT2D eigenvalue weighted by Gasteiger charge is -2.03. The maximum absolute atomic E-state index is 10.7. The number of carbonyl (C=O) groups is 1. The summed E-state index contributed by atoms with van der Waals surface area (Å²) in [7, 11) is 0. The molecule has 1 unspecified atom stereocenters. The van der Waals surface area contributed by atoms with E-state index in [0.29, 0.717) is 6.61 Å². The number of rotatable bonds is 4. The summed E-state index contributed by atoms with van der Waals surface area (Å²) in [6.45, 7) is 5.61. The van der Waals surface area contributed by atoms with E-state index in [4.69, 9.17) is 5.73 Å². The molecule has 4 heteroatoms. The van der Waals surface area contributed by atoms with E-state index in [2.05, 4.69) is 11.3 Å². The van der Waals surface area contributed by atoms with Gasteiger partial charge < -0.3 is 10.5 Å². The molecule has 0 saturated heterocycles. The highest BCUT2D eigenvalue weighted by molar-refractivity contribution is 5.85. The molecule has 0 amide bonds. The summed E-state index contributed by atoms with van der Waals surface area (Å²) in [5.41, 5.74) is 5.39. The number of ether oxygens (including phenoxy) is 1. The van der Waals surface area contributed by atoms with Crippen molar-refractivity contribution in [2.75, 3.05) is 6.61 Å². The second kappa shape index (κ2) is 7.57. The first-order valence-corrected chi connectivity index (χ1v) is 3.24. The lowest BCUT2D eigenvalue weighted by atomic mass is 10.2. The Morgan fingerprint density at radius 2 is 2.36 bits per heavy atom. The molecule has 0 rings (SSSR count). The molecule has 0 aromatic heterocycles. The fourth-order valence-corrected chi connectivity index (χ4v) is 0.496. The molecular formula is C7H14ClNO2. The van der Waals surface area contributed by atoms with Crippen LogP contribution < -0.4 is 5.73 Å². The monoisotopic (exact) mass is 179 g/mol. The molecule has 0 fully saturated rings. The van der Waals surface area contributed by atoms with Gasteiger partial charge >= 0.3 is 5.97 Å². The van der Waals surface area contributed by atoms with Gasteiger partial charge in [-0.3, -0.25) is 4.79 Å². The van der Waals surface area contributed by atoms with E-state index in [1.165, 1.54) is 6.08 Å². The Kier molecular flexibility index (Phi) is 9.00. The topological polar surface area (TPSA) is 52.3 Å².